The first kappa shape index (κ1) is 29.6. The summed E-state index contributed by atoms with van der Waals surface area (Å²) in [5, 5.41) is 35.9. The van der Waals surface area contributed by atoms with Crippen molar-refractivity contribution in [2.24, 2.45) is 5.73 Å². The molecule has 0 radical (unpaired) electrons. The summed E-state index contributed by atoms with van der Waals surface area (Å²) >= 11 is 1.42. The smallest absolute Gasteiger partial charge is 0.326 e. The number of carboxylic acids is 1. The van der Waals surface area contributed by atoms with Crippen LogP contribution in [-0.4, -0.2) is 91.8 Å². The zero-order chi connectivity index (χ0) is 27.4. The van der Waals surface area contributed by atoms with Crippen LogP contribution in [0.5, 0.6) is 5.75 Å². The lowest BCUT2D eigenvalue weighted by atomic mass is 10.1. The summed E-state index contributed by atoms with van der Waals surface area (Å²) in [4.78, 5) is 56.5. The van der Waals surface area contributed by atoms with Crippen LogP contribution in [0, 0.1) is 0 Å². The Morgan fingerprint density at radius 2 is 1.62 bits per heavy atom. The van der Waals surface area contributed by atoms with Gasteiger partial charge in [-0.05, 0) is 42.5 Å². The van der Waals surface area contributed by atoms with E-state index >= 15 is 0 Å². The molecule has 1 heterocycles. The minimum absolute atomic E-state index is 0.0431. The van der Waals surface area contributed by atoms with Gasteiger partial charge in [0.05, 0.1) is 19.0 Å². The SMILES string of the molecule is CSCCC(NC(=O)C(CO)NC(=O)C(N)Cc1ccc(O)cc1)C(=O)NC(Cc1cnc[nH]1)C(=O)O. The number of imidazole rings is 1. The summed E-state index contributed by atoms with van der Waals surface area (Å²) in [5.74, 6) is -2.96. The van der Waals surface area contributed by atoms with Gasteiger partial charge in [0.2, 0.25) is 17.7 Å². The Hall–Kier alpha value is -3.62. The van der Waals surface area contributed by atoms with E-state index in [1.807, 2.05) is 0 Å². The third-order valence-electron chi connectivity index (χ3n) is 5.38. The Morgan fingerprint density at radius 1 is 1.00 bits per heavy atom. The number of benzene rings is 1. The Morgan fingerprint density at radius 3 is 2.19 bits per heavy atom. The van der Waals surface area contributed by atoms with E-state index in [1.165, 1.54) is 36.4 Å². The van der Waals surface area contributed by atoms with E-state index in [0.29, 0.717) is 17.0 Å². The molecule has 4 unspecified atom stereocenters. The number of carbonyl (C=O) groups is 4. The van der Waals surface area contributed by atoms with Gasteiger partial charge in [-0.2, -0.15) is 11.8 Å². The van der Waals surface area contributed by atoms with E-state index in [9.17, 15) is 34.5 Å². The number of hydrogen-bond donors (Lipinski definition) is 8. The molecule has 37 heavy (non-hydrogen) atoms. The topological polar surface area (TPSA) is 220 Å². The normalized spacial score (nSPS) is 14.1. The van der Waals surface area contributed by atoms with Crippen LogP contribution in [0.3, 0.4) is 0 Å². The third kappa shape index (κ3) is 9.74. The number of phenolic OH excluding ortho intramolecular Hbond substituents is 1. The Kier molecular flexibility index (Phi) is 11.9. The number of aliphatic hydroxyl groups is 1. The largest absolute Gasteiger partial charge is 0.508 e. The maximum Gasteiger partial charge on any atom is 0.326 e. The number of aliphatic hydroxyl groups excluding tert-OH is 1. The summed E-state index contributed by atoms with van der Waals surface area (Å²) in [5.41, 5.74) is 7.11. The molecule has 0 saturated carbocycles. The van der Waals surface area contributed by atoms with E-state index in [1.54, 1.807) is 18.4 Å². The number of nitrogens with two attached hydrogens (primary N) is 1. The van der Waals surface area contributed by atoms with Gasteiger partial charge < -0.3 is 42.0 Å². The average molecular weight is 537 g/mol. The first-order chi connectivity index (χ1) is 17.6. The monoisotopic (exact) mass is 536 g/mol. The molecule has 1 aromatic heterocycles. The van der Waals surface area contributed by atoms with Crippen molar-refractivity contribution in [2.75, 3.05) is 18.6 Å². The van der Waals surface area contributed by atoms with Crippen LogP contribution >= 0.6 is 11.8 Å². The van der Waals surface area contributed by atoms with E-state index in [-0.39, 0.29) is 25.0 Å². The predicted octanol–water partition coefficient (Wildman–Crippen LogP) is -1.49. The molecular formula is C23H32N6O7S. The summed E-state index contributed by atoms with van der Waals surface area (Å²) in [6.07, 6.45) is 4.90. The average Bonchev–Trinajstić information content (AvgIpc) is 3.38. The zero-order valence-corrected chi connectivity index (χ0v) is 21.0. The van der Waals surface area contributed by atoms with Crippen LogP contribution in [0.25, 0.3) is 0 Å². The van der Waals surface area contributed by atoms with Gasteiger partial charge in [-0.15, -0.1) is 0 Å². The second kappa shape index (κ2) is 14.8. The Balaban J connectivity index is 2.01. The lowest BCUT2D eigenvalue weighted by Gasteiger charge is -2.24. The number of aliphatic carboxylic acids is 1. The number of nitrogens with zero attached hydrogens (tertiary/aromatic N) is 1. The molecule has 202 valence electrons. The molecule has 0 aliphatic rings. The number of amides is 3. The van der Waals surface area contributed by atoms with Crippen LogP contribution in [0.1, 0.15) is 17.7 Å². The van der Waals surface area contributed by atoms with Gasteiger partial charge in [0.15, 0.2) is 0 Å². The molecule has 0 bridgehead atoms. The van der Waals surface area contributed by atoms with Crippen molar-refractivity contribution in [3.05, 3.63) is 48.0 Å². The van der Waals surface area contributed by atoms with Gasteiger partial charge in [0, 0.05) is 18.3 Å². The predicted molar refractivity (Wildman–Crippen MR) is 136 cm³/mol. The number of nitrogens with one attached hydrogen (secondary N) is 4. The number of aromatic amines is 1. The molecule has 9 N–H and O–H groups in total. The maximum atomic E-state index is 12.9. The van der Waals surface area contributed by atoms with E-state index in [4.69, 9.17) is 5.73 Å². The van der Waals surface area contributed by atoms with Crippen LogP contribution in [0.15, 0.2) is 36.8 Å². The summed E-state index contributed by atoms with van der Waals surface area (Å²) in [7, 11) is 0. The Labute approximate surface area is 217 Å². The number of thioether (sulfide) groups is 1. The molecule has 13 nitrogen and oxygen atoms in total. The second-order valence-corrected chi connectivity index (χ2v) is 9.23. The van der Waals surface area contributed by atoms with Crippen molar-refractivity contribution >= 4 is 35.5 Å². The number of hydrogen-bond acceptors (Lipinski definition) is 9. The number of carboxylic acid groups (broad SMARTS) is 1. The minimum Gasteiger partial charge on any atom is -0.508 e. The van der Waals surface area contributed by atoms with Crippen molar-refractivity contribution in [1.82, 2.24) is 25.9 Å². The quantitative estimate of drug-likeness (QED) is 0.132. The summed E-state index contributed by atoms with van der Waals surface area (Å²) in [6, 6.07) is 1.30. The lowest BCUT2D eigenvalue weighted by Crippen LogP contribution is -2.58. The highest BCUT2D eigenvalue weighted by Gasteiger charge is 2.30. The second-order valence-electron chi connectivity index (χ2n) is 8.24. The number of phenols is 1. The van der Waals surface area contributed by atoms with Crippen LogP contribution in [0.4, 0.5) is 0 Å². The molecule has 0 aliphatic heterocycles. The molecule has 0 saturated heterocycles. The van der Waals surface area contributed by atoms with Gasteiger partial charge in [-0.3, -0.25) is 14.4 Å². The van der Waals surface area contributed by atoms with Gasteiger partial charge in [-0.25, -0.2) is 9.78 Å². The van der Waals surface area contributed by atoms with Gasteiger partial charge in [0.25, 0.3) is 0 Å². The molecule has 0 aliphatic carbocycles. The minimum atomic E-state index is -1.39. The summed E-state index contributed by atoms with van der Waals surface area (Å²) < 4.78 is 0. The molecule has 14 heteroatoms. The zero-order valence-electron chi connectivity index (χ0n) is 20.2. The molecule has 2 aromatic rings. The highest BCUT2D eigenvalue weighted by atomic mass is 32.2. The third-order valence-corrected chi connectivity index (χ3v) is 6.03. The number of aromatic nitrogens is 2. The highest BCUT2D eigenvalue weighted by molar-refractivity contribution is 7.98. The number of rotatable bonds is 15. The molecule has 2 rings (SSSR count). The van der Waals surface area contributed by atoms with Crippen molar-refractivity contribution in [3.8, 4) is 5.75 Å². The van der Waals surface area contributed by atoms with Gasteiger partial charge in [0.1, 0.15) is 23.9 Å². The summed E-state index contributed by atoms with van der Waals surface area (Å²) in [6.45, 7) is -0.752. The number of H-pyrrole nitrogens is 1. The molecule has 1 aromatic carbocycles. The van der Waals surface area contributed by atoms with Crippen LogP contribution in [-0.2, 0) is 32.0 Å². The standard InChI is InChI=1S/C23H32N6O7S/c1-37-7-6-17(21(33)28-18(23(35)36)9-14-10-25-12-26-14)27-22(34)19(11-30)29-20(32)16(24)8-13-2-4-15(31)5-3-13/h2-5,10,12,16-19,30-31H,6-9,11,24H2,1H3,(H,25,26)(H,27,34)(H,28,33)(H,29,32)(H,35,36). The van der Waals surface area contributed by atoms with Crippen LogP contribution < -0.4 is 21.7 Å². The van der Waals surface area contributed by atoms with Crippen molar-refractivity contribution in [1.29, 1.82) is 0 Å². The fourth-order valence-electron chi connectivity index (χ4n) is 3.32. The maximum absolute atomic E-state index is 12.9. The first-order valence-electron chi connectivity index (χ1n) is 11.4. The van der Waals surface area contributed by atoms with Crippen molar-refractivity contribution < 1.29 is 34.5 Å². The van der Waals surface area contributed by atoms with E-state index in [2.05, 4.69) is 25.9 Å². The Bertz CT molecular complexity index is 1030. The molecule has 0 fully saturated rings. The van der Waals surface area contributed by atoms with E-state index < -0.39 is 54.5 Å². The van der Waals surface area contributed by atoms with Gasteiger partial charge in [-0.1, -0.05) is 12.1 Å². The molecule has 3 amide bonds. The van der Waals surface area contributed by atoms with E-state index in [0.717, 1.165) is 0 Å². The fraction of sp³-hybridized carbons (Fsp3) is 0.435. The molecule has 4 atom stereocenters. The van der Waals surface area contributed by atoms with Gasteiger partial charge >= 0.3 is 5.97 Å². The fourth-order valence-corrected chi connectivity index (χ4v) is 3.79. The molecular weight excluding hydrogens is 504 g/mol. The van der Waals surface area contributed by atoms with Crippen molar-refractivity contribution in [2.45, 2.75) is 43.4 Å². The van der Waals surface area contributed by atoms with Crippen LogP contribution in [0.2, 0.25) is 0 Å². The van der Waals surface area contributed by atoms with Crippen molar-refractivity contribution in [3.63, 3.8) is 0 Å². The highest BCUT2D eigenvalue weighted by Crippen LogP contribution is 2.11. The first-order valence-corrected chi connectivity index (χ1v) is 12.8. The number of carbonyl (C=O) groups excluding carboxylic acids is 3. The number of aromatic hydroxyl groups is 1. The lowest BCUT2D eigenvalue weighted by molar-refractivity contribution is -0.142. The molecule has 0 spiro atoms.